The molecule has 0 spiro atoms. The summed E-state index contributed by atoms with van der Waals surface area (Å²) in [5, 5.41) is 26.7. The Morgan fingerprint density at radius 2 is 2.03 bits per heavy atom. The van der Waals surface area contributed by atoms with Crippen LogP contribution in [0.2, 0.25) is 0 Å². The highest BCUT2D eigenvalue weighted by Gasteiger charge is 2.36. The minimum absolute atomic E-state index is 0.00552. The van der Waals surface area contributed by atoms with Crippen molar-refractivity contribution in [3.63, 3.8) is 0 Å². The van der Waals surface area contributed by atoms with Crippen LogP contribution < -0.4 is 16.0 Å². The first-order chi connectivity index (χ1) is 14.3. The summed E-state index contributed by atoms with van der Waals surface area (Å²) in [5.74, 6) is -0.554. The molecule has 0 unspecified atom stereocenters. The van der Waals surface area contributed by atoms with Crippen LogP contribution in [-0.4, -0.2) is 34.1 Å². The topological polar surface area (TPSA) is 127 Å². The van der Waals surface area contributed by atoms with Gasteiger partial charge in [0.1, 0.15) is 6.07 Å². The van der Waals surface area contributed by atoms with E-state index in [2.05, 4.69) is 20.9 Å². The quantitative estimate of drug-likeness (QED) is 0.485. The summed E-state index contributed by atoms with van der Waals surface area (Å²) < 4.78 is 14.6. The van der Waals surface area contributed by atoms with Crippen molar-refractivity contribution in [3.8, 4) is 6.07 Å². The number of aromatic nitrogens is 1. The van der Waals surface area contributed by atoms with E-state index in [0.717, 1.165) is 18.9 Å². The zero-order chi connectivity index (χ0) is 21.8. The summed E-state index contributed by atoms with van der Waals surface area (Å²) in [6, 6.07) is 8.86. The summed E-state index contributed by atoms with van der Waals surface area (Å²) in [4.78, 5) is 26.8. The second kappa shape index (κ2) is 8.78. The molecule has 0 aliphatic heterocycles. The third kappa shape index (κ3) is 5.03. The van der Waals surface area contributed by atoms with Crippen LogP contribution in [0.4, 0.5) is 26.5 Å². The fourth-order valence-corrected chi connectivity index (χ4v) is 3.27. The number of carboxylic acid groups (broad SMARTS) is 1. The normalized spacial score (nSPS) is 14.9. The van der Waals surface area contributed by atoms with Gasteiger partial charge in [0.15, 0.2) is 23.2 Å². The van der Waals surface area contributed by atoms with Gasteiger partial charge in [-0.05, 0) is 50.8 Å². The fraction of sp³-hybridized carbons (Fsp3) is 0.333. The number of carbonyl (C=O) groups is 2. The van der Waals surface area contributed by atoms with Gasteiger partial charge in [0, 0.05) is 17.3 Å². The van der Waals surface area contributed by atoms with Crippen molar-refractivity contribution in [2.45, 2.75) is 38.8 Å². The van der Waals surface area contributed by atoms with Crippen molar-refractivity contribution in [2.75, 3.05) is 10.6 Å². The molecule has 8 nitrogen and oxygen atoms in total. The lowest BCUT2D eigenvalue weighted by molar-refractivity contribution is 0.101. The lowest BCUT2D eigenvalue weighted by Crippen LogP contribution is -2.45. The number of ketones is 1. The monoisotopic (exact) mass is 411 g/mol. The second-order valence-electron chi connectivity index (χ2n) is 7.33. The highest BCUT2D eigenvalue weighted by molar-refractivity contribution is 5.95. The largest absolute Gasteiger partial charge is 0.465 e. The molecule has 0 bridgehead atoms. The molecule has 1 aromatic heterocycles. The van der Waals surface area contributed by atoms with E-state index in [1.54, 1.807) is 31.2 Å². The number of carbonyl (C=O) groups excluding carboxylic acids is 1. The Hall–Kier alpha value is -3.67. The molecule has 4 N–H and O–H groups in total. The summed E-state index contributed by atoms with van der Waals surface area (Å²) >= 11 is 0. The Labute approximate surface area is 173 Å². The maximum absolute atomic E-state index is 14.6. The van der Waals surface area contributed by atoms with Crippen LogP contribution in [0.5, 0.6) is 0 Å². The molecule has 30 heavy (non-hydrogen) atoms. The van der Waals surface area contributed by atoms with Gasteiger partial charge in [-0.3, -0.25) is 4.79 Å². The van der Waals surface area contributed by atoms with Crippen LogP contribution in [0, 0.1) is 23.1 Å². The average molecular weight is 411 g/mol. The molecular weight excluding hydrogens is 389 g/mol. The maximum atomic E-state index is 14.6. The molecule has 1 aromatic carbocycles. The van der Waals surface area contributed by atoms with E-state index in [-0.39, 0.29) is 34.9 Å². The Bertz CT molecular complexity index is 1020. The highest BCUT2D eigenvalue weighted by Crippen LogP contribution is 2.36. The Balaban J connectivity index is 1.89. The van der Waals surface area contributed by atoms with Gasteiger partial charge in [0.05, 0.1) is 11.6 Å². The van der Waals surface area contributed by atoms with E-state index in [0.29, 0.717) is 11.3 Å². The fourth-order valence-electron chi connectivity index (χ4n) is 3.27. The second-order valence-corrected chi connectivity index (χ2v) is 7.33. The Kier molecular flexibility index (Phi) is 6.16. The van der Waals surface area contributed by atoms with Crippen molar-refractivity contribution in [1.29, 1.82) is 5.26 Å². The Morgan fingerprint density at radius 1 is 1.30 bits per heavy atom. The third-order valence-corrected chi connectivity index (χ3v) is 4.95. The Morgan fingerprint density at radius 3 is 2.63 bits per heavy atom. The van der Waals surface area contributed by atoms with Crippen molar-refractivity contribution in [1.82, 2.24) is 10.3 Å². The number of anilines is 3. The minimum Gasteiger partial charge on any atom is -0.465 e. The van der Waals surface area contributed by atoms with E-state index < -0.39 is 18.0 Å². The van der Waals surface area contributed by atoms with Gasteiger partial charge in [-0.15, -0.1) is 0 Å². The van der Waals surface area contributed by atoms with Gasteiger partial charge in [0.25, 0.3) is 0 Å². The number of nitriles is 1. The van der Waals surface area contributed by atoms with Gasteiger partial charge in [-0.2, -0.15) is 5.26 Å². The smallest absolute Gasteiger partial charge is 0.404 e. The van der Waals surface area contributed by atoms with E-state index >= 15 is 0 Å². The molecule has 156 valence electrons. The minimum atomic E-state index is -1.16. The number of nitrogens with zero attached hydrogens (tertiary/aromatic N) is 2. The first-order valence-corrected chi connectivity index (χ1v) is 9.53. The van der Waals surface area contributed by atoms with Gasteiger partial charge < -0.3 is 21.1 Å². The third-order valence-electron chi connectivity index (χ3n) is 4.95. The van der Waals surface area contributed by atoms with Gasteiger partial charge in [0.2, 0.25) is 0 Å². The van der Waals surface area contributed by atoms with Crippen LogP contribution in [-0.2, 0) is 0 Å². The molecule has 1 aliphatic rings. The average Bonchev–Trinajstić information content (AvgIpc) is 3.52. The molecule has 1 fully saturated rings. The zero-order valence-electron chi connectivity index (χ0n) is 16.6. The van der Waals surface area contributed by atoms with Crippen LogP contribution >= 0.6 is 0 Å². The summed E-state index contributed by atoms with van der Waals surface area (Å²) in [6.07, 6.45) is 0.657. The molecule has 1 amide bonds. The molecule has 0 radical (unpaired) electrons. The van der Waals surface area contributed by atoms with E-state index in [1.807, 2.05) is 6.07 Å². The summed E-state index contributed by atoms with van der Waals surface area (Å²) in [6.45, 7) is 3.15. The number of halogens is 1. The van der Waals surface area contributed by atoms with Gasteiger partial charge in [-0.1, -0.05) is 12.1 Å². The number of nitrogens with one attached hydrogen (secondary N) is 3. The van der Waals surface area contributed by atoms with Crippen molar-refractivity contribution in [3.05, 3.63) is 47.3 Å². The van der Waals surface area contributed by atoms with E-state index in [4.69, 9.17) is 5.11 Å². The molecule has 0 saturated heterocycles. The van der Waals surface area contributed by atoms with E-state index in [1.165, 1.54) is 6.92 Å². The lowest BCUT2D eigenvalue weighted by Gasteiger charge is -2.26. The standard InChI is InChI=1S/C21H22FN5O3/c1-11(24-21(29)30)18(13-6-7-13)26-20-17(22)9-15(10-23)19(27-20)25-16-5-3-4-14(8-16)12(2)28/h3-5,8-9,11,13,18,24H,6-7H2,1-2H3,(H,29,30)(H2,25,26,27)/t11-,18+/m0/s1. The first-order valence-electron chi connectivity index (χ1n) is 9.53. The summed E-state index contributed by atoms with van der Waals surface area (Å²) in [5.41, 5.74) is 1.02. The molecule has 1 saturated carbocycles. The van der Waals surface area contributed by atoms with Crippen LogP contribution in [0.25, 0.3) is 0 Å². The van der Waals surface area contributed by atoms with Crippen molar-refractivity contribution in [2.24, 2.45) is 5.92 Å². The maximum Gasteiger partial charge on any atom is 0.404 e. The lowest BCUT2D eigenvalue weighted by atomic mass is 10.0. The molecule has 3 rings (SSSR count). The van der Waals surface area contributed by atoms with Gasteiger partial charge in [-0.25, -0.2) is 14.2 Å². The van der Waals surface area contributed by atoms with Gasteiger partial charge >= 0.3 is 6.09 Å². The number of rotatable bonds is 8. The SMILES string of the molecule is CC(=O)c1cccc(Nc2nc(N[C@@H](C3CC3)[C@H](C)NC(=O)O)c(F)cc2C#N)c1. The van der Waals surface area contributed by atoms with Crippen molar-refractivity contribution >= 4 is 29.2 Å². The summed E-state index contributed by atoms with van der Waals surface area (Å²) in [7, 11) is 0. The zero-order valence-corrected chi connectivity index (χ0v) is 16.6. The van der Waals surface area contributed by atoms with Crippen LogP contribution in [0.15, 0.2) is 30.3 Å². The predicted molar refractivity (Wildman–Crippen MR) is 109 cm³/mol. The van der Waals surface area contributed by atoms with Crippen LogP contribution in [0.3, 0.4) is 0 Å². The van der Waals surface area contributed by atoms with Crippen LogP contribution in [0.1, 0.15) is 42.6 Å². The van der Waals surface area contributed by atoms with E-state index in [9.17, 15) is 19.2 Å². The molecule has 2 atom stereocenters. The first kappa shape index (κ1) is 21.0. The number of Topliss-reactive ketones (excluding diaryl/α,β-unsaturated/α-hetero) is 1. The molecule has 1 heterocycles. The highest BCUT2D eigenvalue weighted by atomic mass is 19.1. The number of hydrogen-bond acceptors (Lipinski definition) is 6. The number of pyridine rings is 1. The number of hydrogen-bond donors (Lipinski definition) is 4. The molecule has 9 heteroatoms. The molecule has 1 aliphatic carbocycles. The predicted octanol–water partition coefficient (Wildman–Crippen LogP) is 3.89. The number of amides is 1. The molecule has 2 aromatic rings. The molecular formula is C21H22FN5O3. The van der Waals surface area contributed by atoms with Crippen molar-refractivity contribution < 1.29 is 19.1 Å². The number of benzene rings is 1.